The Hall–Kier alpha value is -8.63. The molecule has 13 rings (SSSR count). The number of anilines is 6. The minimum absolute atomic E-state index is 0.0641. The fourth-order valence-corrected chi connectivity index (χ4v) is 13.0. The quantitative estimate of drug-likeness (QED) is 0.140. The molecule has 0 bridgehead atoms. The van der Waals surface area contributed by atoms with Crippen molar-refractivity contribution < 1.29 is 8.22 Å². The highest BCUT2D eigenvalue weighted by atomic mass is 35.5. The highest BCUT2D eigenvalue weighted by molar-refractivity contribution is 7.00. The third-order valence-corrected chi connectivity index (χ3v) is 17.7. The Morgan fingerprint density at radius 2 is 0.767 bits per heavy atom. The van der Waals surface area contributed by atoms with Crippen LogP contribution >= 0.6 is 11.6 Å². The van der Waals surface area contributed by atoms with Gasteiger partial charge in [-0.05, 0) is 135 Å². The highest BCUT2D eigenvalue weighted by Crippen LogP contribution is 2.54. The fourth-order valence-electron chi connectivity index (χ4n) is 12.8. The molecular weight excluding hydrogens is 1060 g/mol. The number of para-hydroxylation sites is 2. The van der Waals surface area contributed by atoms with Gasteiger partial charge < -0.3 is 9.80 Å². The lowest BCUT2D eigenvalue weighted by atomic mass is 9.33. The van der Waals surface area contributed by atoms with E-state index in [0.29, 0.717) is 49.8 Å². The minimum Gasteiger partial charge on any atom is -0.310 e. The van der Waals surface area contributed by atoms with Crippen LogP contribution in [-0.2, 0) is 21.7 Å². The lowest BCUT2D eigenvalue weighted by Gasteiger charge is -2.46. The van der Waals surface area contributed by atoms with Gasteiger partial charge in [-0.3, -0.25) is 0 Å². The fraction of sp³-hybridized carbons (Fsp3) is 0.195. The predicted molar refractivity (Wildman–Crippen MR) is 373 cm³/mol. The molecule has 0 saturated heterocycles. The molecule has 11 aromatic carbocycles. The Kier molecular flexibility index (Phi) is 12.4. The molecule has 0 amide bonds. The van der Waals surface area contributed by atoms with E-state index in [9.17, 15) is 8.22 Å². The first-order valence-corrected chi connectivity index (χ1v) is 30.5. The molecule has 0 aliphatic carbocycles. The van der Waals surface area contributed by atoms with Crippen molar-refractivity contribution in [3.8, 4) is 66.8 Å². The number of hydrogen-bond acceptors (Lipinski definition) is 2. The van der Waals surface area contributed by atoms with Gasteiger partial charge in [-0.15, -0.1) is 0 Å². The largest absolute Gasteiger partial charge is 0.310 e. The van der Waals surface area contributed by atoms with Crippen molar-refractivity contribution in [1.82, 2.24) is 0 Å². The molecule has 0 saturated carbocycles. The summed E-state index contributed by atoms with van der Waals surface area (Å²) in [5, 5.41) is 0.500. The zero-order valence-corrected chi connectivity index (χ0v) is 52.2. The van der Waals surface area contributed by atoms with Crippen molar-refractivity contribution in [3.63, 3.8) is 0 Å². The summed E-state index contributed by atoms with van der Waals surface area (Å²) in [5.74, 6) is 0. The molecule has 0 radical (unpaired) electrons. The molecule has 0 atom stereocenters. The monoisotopic (exact) mass is 1140 g/mol. The molecular formula is C82H76BClN2. The second kappa shape index (κ2) is 21.4. The highest BCUT2D eigenvalue weighted by Gasteiger charge is 2.46. The zero-order chi connectivity index (χ0) is 65.2. The van der Waals surface area contributed by atoms with Crippen LogP contribution in [0.15, 0.2) is 243 Å². The van der Waals surface area contributed by atoms with Gasteiger partial charge in [0.15, 0.2) is 0 Å². The molecule has 2 nitrogen and oxygen atoms in total. The maximum Gasteiger partial charge on any atom is 0.252 e. The molecule has 0 spiro atoms. The second-order valence-electron chi connectivity index (χ2n) is 27.5. The Balaban J connectivity index is 1.28. The standard InChI is InChI=1S/C82H76BClN2/c1-79(2,3)60-40-42-64(69(51-60)82(10,11)12)59-48-74-76-75(49-59)86(78-67(55-31-21-15-22-32-55)37-26-38-68(78)56-33-23-16-24-34-56)73-52-63(84)41-43-70(73)83(76)71-47-57(58-45-61(80(4,5)6)50-62(46-58)81(7,8)9)39-44-72(71)85(74)77-65(53-27-17-13-18-28-53)35-25-36-66(77)54-29-19-14-20-30-54/h13-52H,1-12H3/i25D,26D,35D,36D,37D,38D. The molecule has 4 heteroatoms. The maximum absolute atomic E-state index is 10.2. The van der Waals surface area contributed by atoms with Gasteiger partial charge in [0.05, 0.1) is 19.6 Å². The Bertz CT molecular complexity index is 4590. The summed E-state index contributed by atoms with van der Waals surface area (Å²) >= 11 is 7.46. The van der Waals surface area contributed by atoms with Crippen molar-refractivity contribution in [1.29, 1.82) is 0 Å². The topological polar surface area (TPSA) is 6.48 Å². The average molecular weight is 1140 g/mol. The Morgan fingerprint density at radius 3 is 1.20 bits per heavy atom. The van der Waals surface area contributed by atoms with E-state index in [4.69, 9.17) is 11.6 Å². The lowest BCUT2D eigenvalue weighted by Crippen LogP contribution is -2.61. The van der Waals surface area contributed by atoms with Gasteiger partial charge in [-0.2, -0.15) is 0 Å². The summed E-state index contributed by atoms with van der Waals surface area (Å²) in [6.45, 7) is 26.7. The second-order valence-corrected chi connectivity index (χ2v) is 27.9. The van der Waals surface area contributed by atoms with Crippen LogP contribution in [0.3, 0.4) is 0 Å². The van der Waals surface area contributed by atoms with Crippen LogP contribution in [0.2, 0.25) is 5.02 Å². The van der Waals surface area contributed by atoms with Gasteiger partial charge in [0.1, 0.15) is 0 Å². The van der Waals surface area contributed by atoms with E-state index < -0.39 is 6.71 Å². The Morgan fingerprint density at radius 1 is 0.326 bits per heavy atom. The van der Waals surface area contributed by atoms with Crippen LogP contribution in [-0.4, -0.2) is 6.71 Å². The first kappa shape index (κ1) is 49.6. The lowest BCUT2D eigenvalue weighted by molar-refractivity contribution is 0.568. The van der Waals surface area contributed by atoms with E-state index in [1.165, 1.54) is 16.7 Å². The molecule has 0 fully saturated rings. The van der Waals surface area contributed by atoms with Crippen LogP contribution < -0.4 is 26.2 Å². The van der Waals surface area contributed by atoms with Gasteiger partial charge in [0, 0.05) is 50.0 Å². The van der Waals surface area contributed by atoms with E-state index in [2.05, 4.69) is 166 Å². The van der Waals surface area contributed by atoms with Gasteiger partial charge in [-0.1, -0.05) is 307 Å². The van der Waals surface area contributed by atoms with Crippen LogP contribution in [0.25, 0.3) is 66.8 Å². The molecule has 2 heterocycles. The first-order chi connectivity index (χ1) is 43.6. The average Bonchev–Trinajstić information content (AvgIpc) is 0.689. The van der Waals surface area contributed by atoms with E-state index in [1.807, 2.05) is 133 Å². The molecule has 11 aromatic rings. The van der Waals surface area contributed by atoms with Crippen molar-refractivity contribution in [2.75, 3.05) is 9.80 Å². The molecule has 0 N–H and O–H groups in total. The molecule has 2 aliphatic rings. The third kappa shape index (κ3) is 10.2. The summed E-state index contributed by atoms with van der Waals surface area (Å²) in [7, 11) is 0. The first-order valence-electron chi connectivity index (χ1n) is 33.1. The van der Waals surface area contributed by atoms with Crippen molar-refractivity contribution in [2.45, 2.75) is 105 Å². The van der Waals surface area contributed by atoms with Crippen LogP contribution in [0.5, 0.6) is 0 Å². The van der Waals surface area contributed by atoms with E-state index in [-0.39, 0.29) is 57.9 Å². The number of hydrogen-bond donors (Lipinski definition) is 0. The summed E-state index contributed by atoms with van der Waals surface area (Å²) in [6.07, 6.45) is 0. The number of nitrogens with zero attached hydrogens (tertiary/aromatic N) is 2. The summed E-state index contributed by atoms with van der Waals surface area (Å²) in [5.41, 5.74) is 19.9. The van der Waals surface area contributed by atoms with Crippen LogP contribution in [0.1, 0.15) is 114 Å². The van der Waals surface area contributed by atoms with E-state index >= 15 is 0 Å². The molecule has 0 unspecified atom stereocenters. The molecule has 86 heavy (non-hydrogen) atoms. The van der Waals surface area contributed by atoms with Crippen LogP contribution in [0.4, 0.5) is 34.1 Å². The van der Waals surface area contributed by atoms with E-state index in [0.717, 1.165) is 78.1 Å². The van der Waals surface area contributed by atoms with Crippen molar-refractivity contribution >= 4 is 68.8 Å². The summed E-state index contributed by atoms with van der Waals surface area (Å²) < 4.78 is 60.3. The van der Waals surface area contributed by atoms with Gasteiger partial charge >= 0.3 is 0 Å². The number of halogens is 1. The molecule has 424 valence electrons. The summed E-state index contributed by atoms with van der Waals surface area (Å²) in [4.78, 5) is 4.55. The van der Waals surface area contributed by atoms with Crippen molar-refractivity contribution in [2.24, 2.45) is 0 Å². The normalized spacial score (nSPS) is 14.1. The Labute approximate surface area is 525 Å². The van der Waals surface area contributed by atoms with Crippen molar-refractivity contribution in [3.05, 3.63) is 270 Å². The van der Waals surface area contributed by atoms with E-state index in [1.54, 1.807) is 0 Å². The zero-order valence-electron chi connectivity index (χ0n) is 57.5. The maximum atomic E-state index is 10.2. The van der Waals surface area contributed by atoms with Crippen LogP contribution in [0, 0.1) is 0 Å². The minimum atomic E-state index is -0.495. The number of fused-ring (bicyclic) bond motifs is 4. The summed E-state index contributed by atoms with van der Waals surface area (Å²) in [6, 6.07) is 70.4. The predicted octanol–water partition coefficient (Wildman–Crippen LogP) is 21.6. The van der Waals surface area contributed by atoms with Gasteiger partial charge in [0.2, 0.25) is 0 Å². The molecule has 0 aromatic heterocycles. The number of rotatable bonds is 8. The number of benzene rings is 11. The van der Waals surface area contributed by atoms with Gasteiger partial charge in [0.25, 0.3) is 6.71 Å². The van der Waals surface area contributed by atoms with Gasteiger partial charge in [-0.25, -0.2) is 0 Å². The third-order valence-electron chi connectivity index (χ3n) is 17.4. The smallest absolute Gasteiger partial charge is 0.252 e. The SMILES string of the molecule is [2H]c1c([2H])c(-c2ccccc2)c(N2c3ccc(-c4cc(C(C)(C)C)cc(C(C)(C)C)c4)cc3B3c4ccc(Cl)cc4N(c4c(-c5ccccc5)c([2H])c([2H])c([2H])c4-c4ccccc4)c4cc(-c5ccc(C(C)(C)C)cc5C(C)(C)C)cc2c43)c(-c2ccccc2)c1[2H]. The molecule has 2 aliphatic heterocycles.